The van der Waals surface area contributed by atoms with Gasteiger partial charge in [0.05, 0.1) is 12.2 Å². The third-order valence-electron chi connectivity index (χ3n) is 2.25. The maximum Gasteiger partial charge on any atom is 0.146 e. The summed E-state index contributed by atoms with van der Waals surface area (Å²) in [5, 5.41) is 0. The molecule has 0 N–H and O–H groups in total. The highest BCUT2D eigenvalue weighted by atomic mass is 79.9. The van der Waals surface area contributed by atoms with E-state index in [4.69, 9.17) is 0 Å². The van der Waals surface area contributed by atoms with Gasteiger partial charge < -0.3 is 4.90 Å². The molecule has 2 nitrogen and oxygen atoms in total. The van der Waals surface area contributed by atoms with Crippen LogP contribution < -0.4 is 4.90 Å². The third kappa shape index (κ3) is 1.66. The lowest BCUT2D eigenvalue weighted by molar-refractivity contribution is 0.626. The van der Waals surface area contributed by atoms with Gasteiger partial charge in [0.1, 0.15) is 11.7 Å². The van der Waals surface area contributed by atoms with Crippen molar-refractivity contribution in [3.8, 4) is 0 Å². The average molecular weight is 257 g/mol. The number of benzene rings is 1. The number of hydrogen-bond acceptors (Lipinski definition) is 2. The van der Waals surface area contributed by atoms with E-state index in [1.54, 1.807) is 12.1 Å². The number of anilines is 1. The number of nitrogens with zero attached hydrogens (tertiary/aromatic N) is 2. The van der Waals surface area contributed by atoms with E-state index < -0.39 is 0 Å². The highest BCUT2D eigenvalue weighted by molar-refractivity contribution is 9.10. The van der Waals surface area contributed by atoms with Gasteiger partial charge in [-0.1, -0.05) is 15.9 Å². The molecule has 0 unspecified atom stereocenters. The zero-order chi connectivity index (χ0) is 10.1. The maximum absolute atomic E-state index is 13.5. The summed E-state index contributed by atoms with van der Waals surface area (Å²) in [5.74, 6) is 0.673. The van der Waals surface area contributed by atoms with Gasteiger partial charge in [-0.15, -0.1) is 0 Å². The molecule has 1 heterocycles. The molecular formula is C10H10BrFN2. The second kappa shape index (κ2) is 3.69. The molecule has 0 bridgehead atoms. The monoisotopic (exact) mass is 256 g/mol. The highest BCUT2D eigenvalue weighted by Crippen LogP contribution is 2.25. The smallest absolute Gasteiger partial charge is 0.146 e. The van der Waals surface area contributed by atoms with Crippen LogP contribution in [0.15, 0.2) is 27.7 Å². The lowest BCUT2D eigenvalue weighted by Gasteiger charge is -2.18. The summed E-state index contributed by atoms with van der Waals surface area (Å²) in [6.07, 6.45) is 0. The van der Waals surface area contributed by atoms with Crippen LogP contribution in [-0.4, -0.2) is 18.9 Å². The molecule has 74 valence electrons. The van der Waals surface area contributed by atoms with Crippen LogP contribution in [0.4, 0.5) is 10.1 Å². The van der Waals surface area contributed by atoms with Crippen LogP contribution in [0, 0.1) is 5.82 Å². The second-order valence-corrected chi connectivity index (χ2v) is 4.09. The molecule has 0 aromatic heterocycles. The Bertz CT molecular complexity index is 390. The summed E-state index contributed by atoms with van der Waals surface area (Å²) in [4.78, 5) is 6.11. The predicted octanol–water partition coefficient (Wildman–Crippen LogP) is 2.83. The van der Waals surface area contributed by atoms with Gasteiger partial charge in [-0.2, -0.15) is 0 Å². The number of aliphatic imine (C=N–C) groups is 1. The quantitative estimate of drug-likeness (QED) is 0.755. The summed E-state index contributed by atoms with van der Waals surface area (Å²) in [5.41, 5.74) is 0.595. The average Bonchev–Trinajstić information content (AvgIpc) is 2.56. The van der Waals surface area contributed by atoms with E-state index in [1.165, 1.54) is 6.07 Å². The first kappa shape index (κ1) is 9.65. The summed E-state index contributed by atoms with van der Waals surface area (Å²) in [7, 11) is 0. The fraction of sp³-hybridized carbons (Fsp3) is 0.300. The van der Waals surface area contributed by atoms with Crippen LogP contribution >= 0.6 is 15.9 Å². The van der Waals surface area contributed by atoms with Crippen LogP contribution in [0.2, 0.25) is 0 Å². The van der Waals surface area contributed by atoms with E-state index in [0.717, 1.165) is 23.4 Å². The van der Waals surface area contributed by atoms with Gasteiger partial charge in [0.25, 0.3) is 0 Å². The number of hydrogen-bond donors (Lipinski definition) is 0. The van der Waals surface area contributed by atoms with Crippen molar-refractivity contribution in [2.75, 3.05) is 18.0 Å². The Kier molecular flexibility index (Phi) is 2.54. The predicted molar refractivity (Wildman–Crippen MR) is 59.4 cm³/mol. The van der Waals surface area contributed by atoms with Crippen molar-refractivity contribution >= 4 is 27.5 Å². The standard InChI is InChI=1S/C10H10BrFN2/c1-7-13-4-5-14(7)10-6-8(11)2-3-9(10)12/h2-3,6H,4-5H2,1H3. The lowest BCUT2D eigenvalue weighted by atomic mass is 10.2. The molecule has 0 saturated heterocycles. The van der Waals surface area contributed by atoms with Crippen molar-refractivity contribution in [1.29, 1.82) is 0 Å². The van der Waals surface area contributed by atoms with Crippen LogP contribution in [0.25, 0.3) is 0 Å². The molecule has 1 aromatic rings. The first-order chi connectivity index (χ1) is 6.68. The van der Waals surface area contributed by atoms with E-state index in [9.17, 15) is 4.39 Å². The zero-order valence-electron chi connectivity index (χ0n) is 7.80. The largest absolute Gasteiger partial charge is 0.326 e. The Balaban J connectivity index is 2.40. The zero-order valence-corrected chi connectivity index (χ0v) is 9.38. The molecule has 1 aromatic carbocycles. The lowest BCUT2D eigenvalue weighted by Crippen LogP contribution is -2.25. The fourth-order valence-electron chi connectivity index (χ4n) is 1.55. The topological polar surface area (TPSA) is 15.6 Å². The van der Waals surface area contributed by atoms with Crippen molar-refractivity contribution in [3.05, 3.63) is 28.5 Å². The highest BCUT2D eigenvalue weighted by Gasteiger charge is 2.17. The molecule has 0 atom stereocenters. The number of amidine groups is 1. The van der Waals surface area contributed by atoms with Gasteiger partial charge in [0.15, 0.2) is 0 Å². The summed E-state index contributed by atoms with van der Waals surface area (Å²) < 4.78 is 14.4. The van der Waals surface area contributed by atoms with E-state index >= 15 is 0 Å². The Hall–Kier alpha value is -0.900. The van der Waals surface area contributed by atoms with Crippen LogP contribution in [0.1, 0.15) is 6.92 Å². The van der Waals surface area contributed by atoms with Gasteiger partial charge in [-0.05, 0) is 25.1 Å². The Labute approximate surface area is 90.6 Å². The van der Waals surface area contributed by atoms with Crippen LogP contribution in [-0.2, 0) is 0 Å². The van der Waals surface area contributed by atoms with Gasteiger partial charge in [0, 0.05) is 11.0 Å². The van der Waals surface area contributed by atoms with Crippen LogP contribution in [0.5, 0.6) is 0 Å². The molecule has 2 rings (SSSR count). The number of halogens is 2. The first-order valence-corrected chi connectivity index (χ1v) is 5.21. The molecule has 0 amide bonds. The fourth-order valence-corrected chi connectivity index (χ4v) is 1.90. The molecule has 0 radical (unpaired) electrons. The Morgan fingerprint density at radius 1 is 1.50 bits per heavy atom. The molecule has 4 heteroatoms. The molecule has 1 aliphatic rings. The molecule has 0 spiro atoms. The van der Waals surface area contributed by atoms with Gasteiger partial charge in [-0.3, -0.25) is 4.99 Å². The number of rotatable bonds is 1. The molecular weight excluding hydrogens is 247 g/mol. The molecule has 0 fully saturated rings. The van der Waals surface area contributed by atoms with Crippen molar-refractivity contribution in [1.82, 2.24) is 0 Å². The Morgan fingerprint density at radius 3 is 2.93 bits per heavy atom. The van der Waals surface area contributed by atoms with E-state index in [-0.39, 0.29) is 5.82 Å². The maximum atomic E-state index is 13.5. The van der Waals surface area contributed by atoms with Crippen molar-refractivity contribution in [2.24, 2.45) is 4.99 Å². The summed E-state index contributed by atoms with van der Waals surface area (Å²) >= 11 is 3.33. The van der Waals surface area contributed by atoms with Crippen molar-refractivity contribution in [2.45, 2.75) is 6.92 Å². The summed E-state index contributed by atoms with van der Waals surface area (Å²) in [6, 6.07) is 4.94. The van der Waals surface area contributed by atoms with Gasteiger partial charge >= 0.3 is 0 Å². The first-order valence-electron chi connectivity index (χ1n) is 4.42. The second-order valence-electron chi connectivity index (χ2n) is 3.18. The van der Waals surface area contributed by atoms with Crippen molar-refractivity contribution in [3.63, 3.8) is 0 Å². The molecule has 0 saturated carbocycles. The van der Waals surface area contributed by atoms with E-state index in [2.05, 4.69) is 20.9 Å². The third-order valence-corrected chi connectivity index (χ3v) is 2.75. The van der Waals surface area contributed by atoms with Crippen molar-refractivity contribution < 1.29 is 4.39 Å². The molecule has 14 heavy (non-hydrogen) atoms. The van der Waals surface area contributed by atoms with Gasteiger partial charge in [0.2, 0.25) is 0 Å². The van der Waals surface area contributed by atoms with Crippen LogP contribution in [0.3, 0.4) is 0 Å². The minimum absolute atomic E-state index is 0.204. The normalized spacial score (nSPS) is 15.9. The minimum atomic E-state index is -0.204. The van der Waals surface area contributed by atoms with E-state index in [1.807, 2.05) is 11.8 Å². The van der Waals surface area contributed by atoms with Gasteiger partial charge in [-0.25, -0.2) is 4.39 Å². The summed E-state index contributed by atoms with van der Waals surface area (Å²) in [6.45, 7) is 3.41. The minimum Gasteiger partial charge on any atom is -0.326 e. The van der Waals surface area contributed by atoms with E-state index in [0.29, 0.717) is 5.69 Å². The molecule has 0 aliphatic carbocycles. The molecule has 1 aliphatic heterocycles. The SMILES string of the molecule is CC1=NCCN1c1cc(Br)ccc1F. The Morgan fingerprint density at radius 2 is 2.29 bits per heavy atom.